The molecule has 0 unspecified atom stereocenters. The van der Waals surface area contributed by atoms with Gasteiger partial charge in [-0.15, -0.1) is 16.4 Å². The van der Waals surface area contributed by atoms with E-state index in [4.69, 9.17) is 4.74 Å². The molecular weight excluding hydrogens is 464 g/mol. The quantitative estimate of drug-likeness (QED) is 0.386. The molecule has 9 nitrogen and oxygen atoms in total. The number of aryl methyl sites for hydroxylation is 1. The van der Waals surface area contributed by atoms with Crippen LogP contribution in [0.3, 0.4) is 0 Å². The van der Waals surface area contributed by atoms with E-state index in [0.29, 0.717) is 23.2 Å². The summed E-state index contributed by atoms with van der Waals surface area (Å²) in [6.45, 7) is 6.40. The van der Waals surface area contributed by atoms with Gasteiger partial charge in [0.05, 0.1) is 17.8 Å². The molecule has 0 saturated carbocycles. The van der Waals surface area contributed by atoms with Crippen LogP contribution in [0.5, 0.6) is 5.88 Å². The first-order valence-corrected chi connectivity index (χ1v) is 12.0. The highest BCUT2D eigenvalue weighted by Crippen LogP contribution is 2.26. The third kappa shape index (κ3) is 6.36. The minimum atomic E-state index is -0.341. The lowest BCUT2D eigenvalue weighted by molar-refractivity contribution is -0.115. The summed E-state index contributed by atoms with van der Waals surface area (Å²) in [5, 5.41) is 11.9. The average molecular weight is 493 g/mol. The molecule has 2 amide bonds. The van der Waals surface area contributed by atoms with Gasteiger partial charge in [0.25, 0.3) is 5.91 Å². The molecule has 182 valence electrons. The third-order valence-electron chi connectivity index (χ3n) is 5.19. The molecule has 3 heterocycles. The lowest BCUT2D eigenvalue weighted by atomic mass is 10.1. The fourth-order valence-electron chi connectivity index (χ4n) is 3.29. The molecule has 4 rings (SSSR count). The summed E-state index contributed by atoms with van der Waals surface area (Å²) < 4.78 is 9.36. The topological polar surface area (TPSA) is 103 Å². The zero-order chi connectivity index (χ0) is 25.0. The smallest absolute Gasteiger partial charge is 0.253 e. The molecule has 2 N–H and O–H groups in total. The van der Waals surface area contributed by atoms with Gasteiger partial charge in [-0.2, -0.15) is 0 Å². The molecule has 0 aliphatic carbocycles. The van der Waals surface area contributed by atoms with E-state index in [9.17, 15) is 9.59 Å². The average Bonchev–Trinajstić information content (AvgIpc) is 3.57. The van der Waals surface area contributed by atoms with Crippen LogP contribution in [0.4, 0.5) is 5.13 Å². The van der Waals surface area contributed by atoms with E-state index in [1.807, 2.05) is 59.7 Å². The van der Waals surface area contributed by atoms with Gasteiger partial charge in [-0.1, -0.05) is 18.2 Å². The number of nitrogens with one attached hydrogen (secondary N) is 2. The first-order chi connectivity index (χ1) is 16.7. The molecule has 0 bridgehead atoms. The maximum absolute atomic E-state index is 12.4. The molecule has 0 aliphatic heterocycles. The van der Waals surface area contributed by atoms with Gasteiger partial charge < -0.3 is 19.9 Å². The van der Waals surface area contributed by atoms with Crippen molar-refractivity contribution in [1.82, 2.24) is 24.6 Å². The highest BCUT2D eigenvalue weighted by Gasteiger charge is 2.16. The van der Waals surface area contributed by atoms with Crippen LogP contribution < -0.4 is 15.4 Å². The zero-order valence-electron chi connectivity index (χ0n) is 20.1. The Labute approximate surface area is 207 Å². The molecule has 0 aliphatic rings. The number of ether oxygens (including phenoxy) is 1. The summed E-state index contributed by atoms with van der Waals surface area (Å²) >= 11 is 1.33. The highest BCUT2D eigenvalue weighted by atomic mass is 32.1. The molecule has 10 heteroatoms. The Kier molecular flexibility index (Phi) is 7.02. The van der Waals surface area contributed by atoms with Crippen LogP contribution >= 0.6 is 11.3 Å². The number of carbonyl (C=O) groups excluding carboxylic acids is 2. The number of amides is 2. The van der Waals surface area contributed by atoms with E-state index >= 15 is 0 Å². The molecule has 0 saturated heterocycles. The predicted molar refractivity (Wildman–Crippen MR) is 135 cm³/mol. The minimum Gasteiger partial charge on any atom is -0.472 e. The SMILES string of the molecule is Cn1ccc(OCc2cccc(-c3csc(NC(=O)CNC(=O)c4ccn(C(C)(C)C)c4)n3)c2)n1. The third-order valence-corrected chi connectivity index (χ3v) is 5.95. The number of hydrogen-bond acceptors (Lipinski definition) is 6. The number of benzene rings is 1. The zero-order valence-corrected chi connectivity index (χ0v) is 20.9. The molecule has 3 aromatic heterocycles. The Morgan fingerprint density at radius 1 is 1.14 bits per heavy atom. The van der Waals surface area contributed by atoms with Crippen molar-refractivity contribution in [1.29, 1.82) is 0 Å². The monoisotopic (exact) mass is 492 g/mol. The summed E-state index contributed by atoms with van der Waals surface area (Å²) in [6.07, 6.45) is 5.45. The maximum atomic E-state index is 12.4. The van der Waals surface area contributed by atoms with Crippen molar-refractivity contribution >= 4 is 28.3 Å². The number of aromatic nitrogens is 4. The van der Waals surface area contributed by atoms with Crippen molar-refractivity contribution in [3.05, 3.63) is 71.5 Å². The highest BCUT2D eigenvalue weighted by molar-refractivity contribution is 7.14. The van der Waals surface area contributed by atoms with Crippen LogP contribution in [0.2, 0.25) is 0 Å². The molecule has 0 radical (unpaired) electrons. The van der Waals surface area contributed by atoms with Gasteiger partial charge in [0.2, 0.25) is 11.8 Å². The van der Waals surface area contributed by atoms with Crippen molar-refractivity contribution in [2.45, 2.75) is 32.9 Å². The van der Waals surface area contributed by atoms with E-state index in [1.54, 1.807) is 16.9 Å². The van der Waals surface area contributed by atoms with Gasteiger partial charge in [-0.05, 0) is 38.5 Å². The van der Waals surface area contributed by atoms with Gasteiger partial charge in [-0.25, -0.2) is 4.98 Å². The van der Waals surface area contributed by atoms with Gasteiger partial charge in [0.15, 0.2) is 5.13 Å². The van der Waals surface area contributed by atoms with Gasteiger partial charge >= 0.3 is 0 Å². The first kappa shape index (κ1) is 24.2. The van der Waals surface area contributed by atoms with Crippen molar-refractivity contribution in [2.75, 3.05) is 11.9 Å². The number of nitrogens with zero attached hydrogens (tertiary/aromatic N) is 4. The van der Waals surface area contributed by atoms with Crippen molar-refractivity contribution in [2.24, 2.45) is 7.05 Å². The second-order valence-corrected chi connectivity index (χ2v) is 9.92. The summed E-state index contributed by atoms with van der Waals surface area (Å²) in [6, 6.07) is 11.4. The molecule has 4 aromatic rings. The van der Waals surface area contributed by atoms with E-state index in [2.05, 4.69) is 41.5 Å². The molecule has 0 spiro atoms. The maximum Gasteiger partial charge on any atom is 0.253 e. The summed E-state index contributed by atoms with van der Waals surface area (Å²) in [5.74, 6) is -0.0739. The standard InChI is InChI=1S/C25H28N6O3S/c1-25(2,3)31-11-8-19(14-31)23(33)26-13-21(32)28-24-27-20(16-35-24)18-7-5-6-17(12-18)15-34-22-9-10-30(4)29-22/h5-12,14,16H,13,15H2,1-4H3,(H,26,33)(H,27,28,32). The van der Waals surface area contributed by atoms with Crippen molar-refractivity contribution in [3.63, 3.8) is 0 Å². The predicted octanol–water partition coefficient (Wildman–Crippen LogP) is 4.05. The second-order valence-electron chi connectivity index (χ2n) is 9.06. The van der Waals surface area contributed by atoms with Crippen molar-refractivity contribution in [3.8, 4) is 17.1 Å². The Hall–Kier alpha value is -3.92. The van der Waals surface area contributed by atoms with E-state index < -0.39 is 0 Å². The number of thiazole rings is 1. The molecule has 35 heavy (non-hydrogen) atoms. The fourth-order valence-corrected chi connectivity index (χ4v) is 4.02. The molecule has 0 fully saturated rings. The van der Waals surface area contributed by atoms with Gasteiger partial charge in [-0.3, -0.25) is 14.3 Å². The van der Waals surface area contributed by atoms with Gasteiger partial charge in [0, 0.05) is 48.2 Å². The summed E-state index contributed by atoms with van der Waals surface area (Å²) in [5.41, 5.74) is 3.04. The molecule has 1 aromatic carbocycles. The second kappa shape index (κ2) is 10.1. The van der Waals surface area contributed by atoms with E-state index in [0.717, 1.165) is 16.8 Å². The van der Waals surface area contributed by atoms with Crippen LogP contribution in [0.15, 0.2) is 60.4 Å². The molecule has 0 atom stereocenters. The normalized spacial score (nSPS) is 11.3. The Morgan fingerprint density at radius 2 is 1.97 bits per heavy atom. The lowest BCUT2D eigenvalue weighted by Crippen LogP contribution is -2.32. The van der Waals surface area contributed by atoms with Crippen molar-refractivity contribution < 1.29 is 14.3 Å². The number of hydrogen-bond donors (Lipinski definition) is 2. The Balaban J connectivity index is 1.30. The van der Waals surface area contributed by atoms with Gasteiger partial charge in [0.1, 0.15) is 6.61 Å². The van der Waals surface area contributed by atoms with Crippen LogP contribution in [-0.4, -0.2) is 37.7 Å². The lowest BCUT2D eigenvalue weighted by Gasteiger charge is -2.20. The van der Waals surface area contributed by atoms with Crippen LogP contribution in [0.25, 0.3) is 11.3 Å². The largest absolute Gasteiger partial charge is 0.472 e. The first-order valence-electron chi connectivity index (χ1n) is 11.1. The van der Waals surface area contributed by atoms with E-state index in [-0.39, 0.29) is 23.9 Å². The summed E-state index contributed by atoms with van der Waals surface area (Å²) in [7, 11) is 1.84. The minimum absolute atomic E-state index is 0.121. The number of rotatable bonds is 8. The summed E-state index contributed by atoms with van der Waals surface area (Å²) in [4.78, 5) is 29.2. The van der Waals surface area contributed by atoms with Crippen LogP contribution in [-0.2, 0) is 24.0 Å². The number of anilines is 1. The Morgan fingerprint density at radius 3 is 2.69 bits per heavy atom. The van der Waals surface area contributed by atoms with Crippen LogP contribution in [0.1, 0.15) is 36.7 Å². The van der Waals surface area contributed by atoms with E-state index in [1.165, 1.54) is 11.3 Å². The van der Waals surface area contributed by atoms with Crippen LogP contribution in [0, 0.1) is 0 Å². The Bertz CT molecular complexity index is 1330. The number of carbonyl (C=O) groups is 2. The molecular formula is C25H28N6O3S. The fraction of sp³-hybridized carbons (Fsp3) is 0.280.